The Morgan fingerprint density at radius 1 is 1.44 bits per heavy atom. The molecule has 1 aromatic rings. The van der Waals surface area contributed by atoms with Crippen molar-refractivity contribution in [3.05, 3.63) is 29.3 Å². The second kappa shape index (κ2) is 5.27. The SMILES string of the molecule is CCC1(CNc2ccc(C)cc2C(N)=S)CCC1. The van der Waals surface area contributed by atoms with Gasteiger partial charge in [0.2, 0.25) is 0 Å². The molecular weight excluding hydrogens is 240 g/mol. The standard InChI is InChI=1S/C15H22N2S/c1-3-15(7-4-8-15)10-17-13-6-5-11(2)9-12(13)14(16)18/h5-6,9,17H,3-4,7-8,10H2,1-2H3,(H2,16,18). The third-order valence-corrected chi connectivity index (χ3v) is 4.48. The van der Waals surface area contributed by atoms with E-state index in [9.17, 15) is 0 Å². The quantitative estimate of drug-likeness (QED) is 0.796. The van der Waals surface area contributed by atoms with Gasteiger partial charge in [0, 0.05) is 17.8 Å². The van der Waals surface area contributed by atoms with E-state index in [2.05, 4.69) is 37.4 Å². The molecule has 0 heterocycles. The molecule has 3 N–H and O–H groups in total. The average Bonchev–Trinajstić information content (AvgIpc) is 2.29. The van der Waals surface area contributed by atoms with Crippen molar-refractivity contribution in [2.45, 2.75) is 39.5 Å². The molecule has 2 nitrogen and oxygen atoms in total. The summed E-state index contributed by atoms with van der Waals surface area (Å²) in [5.41, 5.74) is 9.53. The van der Waals surface area contributed by atoms with Gasteiger partial charge in [-0.1, -0.05) is 37.2 Å². The van der Waals surface area contributed by atoms with Crippen molar-refractivity contribution in [2.75, 3.05) is 11.9 Å². The molecule has 0 bridgehead atoms. The number of benzene rings is 1. The number of nitrogens with one attached hydrogen (secondary N) is 1. The van der Waals surface area contributed by atoms with Crippen LogP contribution >= 0.6 is 12.2 Å². The van der Waals surface area contributed by atoms with Crippen LogP contribution in [0, 0.1) is 12.3 Å². The zero-order valence-electron chi connectivity index (χ0n) is 11.3. The summed E-state index contributed by atoms with van der Waals surface area (Å²) in [6, 6.07) is 6.25. The highest BCUT2D eigenvalue weighted by atomic mass is 32.1. The van der Waals surface area contributed by atoms with Crippen LogP contribution in [0.5, 0.6) is 0 Å². The van der Waals surface area contributed by atoms with Gasteiger partial charge in [0.1, 0.15) is 4.99 Å². The molecule has 0 amide bonds. The number of nitrogens with two attached hydrogens (primary N) is 1. The summed E-state index contributed by atoms with van der Waals surface area (Å²) in [6.45, 7) is 5.37. The molecule has 1 aliphatic carbocycles. The fourth-order valence-corrected chi connectivity index (χ4v) is 2.80. The van der Waals surface area contributed by atoms with Gasteiger partial charge in [-0.05, 0) is 43.7 Å². The van der Waals surface area contributed by atoms with Crippen molar-refractivity contribution in [1.29, 1.82) is 0 Å². The van der Waals surface area contributed by atoms with Gasteiger partial charge in [-0.3, -0.25) is 0 Å². The minimum atomic E-state index is 0.473. The minimum Gasteiger partial charge on any atom is -0.389 e. The molecule has 2 rings (SSSR count). The van der Waals surface area contributed by atoms with Gasteiger partial charge in [0.05, 0.1) is 0 Å². The van der Waals surface area contributed by atoms with Crippen LogP contribution in [-0.2, 0) is 0 Å². The summed E-state index contributed by atoms with van der Waals surface area (Å²) in [5.74, 6) is 0. The summed E-state index contributed by atoms with van der Waals surface area (Å²) < 4.78 is 0. The highest BCUT2D eigenvalue weighted by molar-refractivity contribution is 7.80. The third kappa shape index (κ3) is 2.66. The monoisotopic (exact) mass is 262 g/mol. The molecule has 0 saturated heterocycles. The molecule has 1 aliphatic rings. The van der Waals surface area contributed by atoms with Crippen LogP contribution in [0.25, 0.3) is 0 Å². The topological polar surface area (TPSA) is 38.0 Å². The van der Waals surface area contributed by atoms with Crippen molar-refractivity contribution < 1.29 is 0 Å². The van der Waals surface area contributed by atoms with Crippen LogP contribution in [-0.4, -0.2) is 11.5 Å². The Bertz CT molecular complexity index is 444. The van der Waals surface area contributed by atoms with Crippen LogP contribution < -0.4 is 11.1 Å². The van der Waals surface area contributed by atoms with Crippen molar-refractivity contribution in [1.82, 2.24) is 0 Å². The number of rotatable bonds is 5. The molecule has 18 heavy (non-hydrogen) atoms. The first-order chi connectivity index (χ1) is 8.56. The molecule has 0 radical (unpaired) electrons. The minimum absolute atomic E-state index is 0.473. The maximum Gasteiger partial charge on any atom is 0.106 e. The maximum absolute atomic E-state index is 5.79. The van der Waals surface area contributed by atoms with Crippen LogP contribution in [0.1, 0.15) is 43.7 Å². The van der Waals surface area contributed by atoms with Gasteiger partial charge in [-0.25, -0.2) is 0 Å². The van der Waals surface area contributed by atoms with Crippen LogP contribution in [0.15, 0.2) is 18.2 Å². The van der Waals surface area contributed by atoms with Crippen LogP contribution in [0.3, 0.4) is 0 Å². The Balaban J connectivity index is 2.11. The van der Waals surface area contributed by atoms with E-state index in [4.69, 9.17) is 18.0 Å². The molecule has 3 heteroatoms. The van der Waals surface area contributed by atoms with Crippen molar-refractivity contribution in [3.8, 4) is 0 Å². The van der Waals surface area contributed by atoms with Crippen molar-refractivity contribution in [3.63, 3.8) is 0 Å². The second-order valence-corrected chi connectivity index (χ2v) is 5.91. The second-order valence-electron chi connectivity index (χ2n) is 5.47. The van der Waals surface area contributed by atoms with Crippen molar-refractivity contribution in [2.24, 2.45) is 11.1 Å². The Labute approximate surface area is 115 Å². The first-order valence-electron chi connectivity index (χ1n) is 6.71. The lowest BCUT2D eigenvalue weighted by Crippen LogP contribution is -2.36. The number of anilines is 1. The number of thiocarbonyl (C=S) groups is 1. The molecular formula is C15H22N2S. The van der Waals surface area contributed by atoms with E-state index >= 15 is 0 Å². The Morgan fingerprint density at radius 2 is 2.17 bits per heavy atom. The van der Waals surface area contributed by atoms with Crippen molar-refractivity contribution >= 4 is 22.9 Å². The van der Waals surface area contributed by atoms with Crippen LogP contribution in [0.4, 0.5) is 5.69 Å². The lowest BCUT2D eigenvalue weighted by molar-refractivity contribution is 0.145. The third-order valence-electron chi connectivity index (χ3n) is 4.26. The van der Waals surface area contributed by atoms with E-state index in [0.29, 0.717) is 10.4 Å². The Morgan fingerprint density at radius 3 is 2.67 bits per heavy atom. The highest BCUT2D eigenvalue weighted by Crippen LogP contribution is 2.43. The molecule has 0 unspecified atom stereocenters. The van der Waals surface area contributed by atoms with E-state index in [1.807, 2.05) is 0 Å². The van der Waals surface area contributed by atoms with Gasteiger partial charge in [0.25, 0.3) is 0 Å². The maximum atomic E-state index is 5.79. The smallest absolute Gasteiger partial charge is 0.106 e. The Hall–Kier alpha value is -1.09. The number of hydrogen-bond acceptors (Lipinski definition) is 2. The zero-order chi connectivity index (χ0) is 13.2. The molecule has 98 valence electrons. The molecule has 0 spiro atoms. The summed E-state index contributed by atoms with van der Waals surface area (Å²) in [7, 11) is 0. The first kappa shape index (κ1) is 13.3. The largest absolute Gasteiger partial charge is 0.389 e. The Kier molecular flexibility index (Phi) is 3.91. The number of hydrogen-bond donors (Lipinski definition) is 2. The predicted molar refractivity (Wildman–Crippen MR) is 82.1 cm³/mol. The van der Waals surface area contributed by atoms with Crippen LogP contribution in [0.2, 0.25) is 0 Å². The molecule has 1 fully saturated rings. The van der Waals surface area contributed by atoms with E-state index in [-0.39, 0.29) is 0 Å². The van der Waals surface area contributed by atoms with Gasteiger partial charge in [0.15, 0.2) is 0 Å². The van der Waals surface area contributed by atoms with E-state index in [0.717, 1.165) is 17.8 Å². The first-order valence-corrected chi connectivity index (χ1v) is 7.11. The molecule has 0 aromatic heterocycles. The van der Waals surface area contributed by atoms with E-state index in [1.165, 1.54) is 31.2 Å². The summed E-state index contributed by atoms with van der Waals surface area (Å²) in [4.78, 5) is 0.473. The summed E-state index contributed by atoms with van der Waals surface area (Å²) >= 11 is 5.13. The zero-order valence-corrected chi connectivity index (χ0v) is 12.1. The van der Waals surface area contributed by atoms with Gasteiger partial charge in [-0.2, -0.15) is 0 Å². The van der Waals surface area contributed by atoms with Gasteiger partial charge >= 0.3 is 0 Å². The summed E-state index contributed by atoms with van der Waals surface area (Å²) in [5, 5.41) is 3.55. The van der Waals surface area contributed by atoms with Gasteiger partial charge in [-0.15, -0.1) is 0 Å². The lowest BCUT2D eigenvalue weighted by Gasteiger charge is -2.41. The highest BCUT2D eigenvalue weighted by Gasteiger charge is 2.34. The predicted octanol–water partition coefficient (Wildman–Crippen LogP) is 3.62. The summed E-state index contributed by atoms with van der Waals surface area (Å²) in [6.07, 6.45) is 5.29. The van der Waals surface area contributed by atoms with E-state index < -0.39 is 0 Å². The lowest BCUT2D eigenvalue weighted by atomic mass is 9.67. The normalized spacial score (nSPS) is 17.0. The molecule has 0 atom stereocenters. The fourth-order valence-electron chi connectivity index (χ4n) is 2.63. The van der Waals surface area contributed by atoms with E-state index in [1.54, 1.807) is 0 Å². The molecule has 1 aromatic carbocycles. The number of aryl methyl sites for hydroxylation is 1. The van der Waals surface area contributed by atoms with Gasteiger partial charge < -0.3 is 11.1 Å². The molecule has 0 aliphatic heterocycles. The average molecular weight is 262 g/mol. The molecule has 1 saturated carbocycles. The fraction of sp³-hybridized carbons (Fsp3) is 0.533.